The molecular weight excluding hydrogens is 240 g/mol. The van der Waals surface area contributed by atoms with E-state index >= 15 is 0 Å². The molecular formula is C14H22N4O. The van der Waals surface area contributed by atoms with Crippen molar-refractivity contribution in [2.75, 3.05) is 18.0 Å². The Labute approximate surface area is 114 Å². The van der Waals surface area contributed by atoms with Gasteiger partial charge in [0.1, 0.15) is 5.69 Å². The second-order valence-corrected chi connectivity index (χ2v) is 5.11. The molecule has 5 heteroatoms. The predicted octanol–water partition coefficient (Wildman–Crippen LogP) is 2.19. The minimum atomic E-state index is 0.0493. The lowest BCUT2D eigenvalue weighted by Crippen LogP contribution is -2.33. The van der Waals surface area contributed by atoms with Crippen LogP contribution in [0.4, 0.5) is 5.69 Å². The van der Waals surface area contributed by atoms with Gasteiger partial charge >= 0.3 is 0 Å². The number of rotatable bonds is 4. The maximum absolute atomic E-state index is 8.60. The fourth-order valence-corrected chi connectivity index (χ4v) is 2.66. The minimum Gasteiger partial charge on any atom is -0.409 e. The Morgan fingerprint density at radius 1 is 1.47 bits per heavy atom. The number of oxime groups is 1. The van der Waals surface area contributed by atoms with Gasteiger partial charge in [0.05, 0.1) is 11.9 Å². The van der Waals surface area contributed by atoms with Gasteiger partial charge in [0, 0.05) is 13.1 Å². The van der Waals surface area contributed by atoms with Gasteiger partial charge in [-0.2, -0.15) is 0 Å². The highest BCUT2D eigenvalue weighted by molar-refractivity contribution is 5.95. The van der Waals surface area contributed by atoms with Crippen molar-refractivity contribution in [3.05, 3.63) is 24.0 Å². The fourth-order valence-electron chi connectivity index (χ4n) is 2.66. The van der Waals surface area contributed by atoms with Crippen LogP contribution in [0.3, 0.4) is 0 Å². The van der Waals surface area contributed by atoms with Crippen LogP contribution in [0, 0.1) is 5.92 Å². The first-order chi connectivity index (χ1) is 9.24. The second kappa shape index (κ2) is 6.41. The van der Waals surface area contributed by atoms with Gasteiger partial charge < -0.3 is 15.8 Å². The summed E-state index contributed by atoms with van der Waals surface area (Å²) >= 11 is 0. The summed E-state index contributed by atoms with van der Waals surface area (Å²) < 4.78 is 0. The highest BCUT2D eigenvalue weighted by Gasteiger charge is 2.18. The van der Waals surface area contributed by atoms with Crippen LogP contribution in [0.1, 0.15) is 38.3 Å². The van der Waals surface area contributed by atoms with Crippen molar-refractivity contribution in [2.45, 2.75) is 32.6 Å². The van der Waals surface area contributed by atoms with Crippen LogP contribution in [0.15, 0.2) is 23.5 Å². The number of anilines is 1. The molecule has 1 saturated heterocycles. The van der Waals surface area contributed by atoms with Crippen LogP contribution in [0.5, 0.6) is 0 Å². The smallest absolute Gasteiger partial charge is 0.188 e. The standard InChI is InChI=1S/C14H22N4O/c1-2-3-11-6-8-18(9-7-11)12-4-5-13(16-10-12)14(15)17-19/h4-5,10-11,19H,2-3,6-9H2,1H3,(H2,15,17). The molecule has 0 unspecified atom stereocenters. The van der Waals surface area contributed by atoms with Crippen molar-refractivity contribution in [3.8, 4) is 0 Å². The van der Waals surface area contributed by atoms with Crippen LogP contribution in [0.2, 0.25) is 0 Å². The van der Waals surface area contributed by atoms with Gasteiger partial charge in [-0.05, 0) is 30.9 Å². The SMILES string of the molecule is CCCC1CCN(c2ccc(/C(N)=N/O)nc2)CC1. The number of nitrogens with zero attached hydrogens (tertiary/aromatic N) is 3. The number of hydrogen-bond donors (Lipinski definition) is 2. The van der Waals surface area contributed by atoms with Crippen molar-refractivity contribution >= 4 is 11.5 Å². The number of nitrogens with two attached hydrogens (primary N) is 1. The third-order valence-corrected chi connectivity index (χ3v) is 3.79. The molecule has 2 heterocycles. The maximum atomic E-state index is 8.60. The average Bonchev–Trinajstić information content (AvgIpc) is 2.48. The Morgan fingerprint density at radius 3 is 2.74 bits per heavy atom. The van der Waals surface area contributed by atoms with E-state index < -0.39 is 0 Å². The molecule has 0 aliphatic carbocycles. The summed E-state index contributed by atoms with van der Waals surface area (Å²) in [6, 6.07) is 3.78. The molecule has 0 atom stereocenters. The summed E-state index contributed by atoms with van der Waals surface area (Å²) in [5.74, 6) is 0.929. The van der Waals surface area contributed by atoms with E-state index in [1.165, 1.54) is 25.7 Å². The highest BCUT2D eigenvalue weighted by Crippen LogP contribution is 2.25. The van der Waals surface area contributed by atoms with E-state index in [0.29, 0.717) is 5.69 Å². The predicted molar refractivity (Wildman–Crippen MR) is 76.6 cm³/mol. The van der Waals surface area contributed by atoms with E-state index in [-0.39, 0.29) is 5.84 Å². The van der Waals surface area contributed by atoms with Crippen LogP contribution in [-0.2, 0) is 0 Å². The molecule has 0 spiro atoms. The minimum absolute atomic E-state index is 0.0493. The number of piperidine rings is 1. The molecule has 0 aromatic carbocycles. The van der Waals surface area contributed by atoms with E-state index in [9.17, 15) is 0 Å². The third kappa shape index (κ3) is 3.36. The van der Waals surface area contributed by atoms with Crippen molar-refractivity contribution in [1.29, 1.82) is 0 Å². The number of aromatic nitrogens is 1. The average molecular weight is 262 g/mol. The van der Waals surface area contributed by atoms with Crippen molar-refractivity contribution in [2.24, 2.45) is 16.8 Å². The Bertz CT molecular complexity index is 422. The Balaban J connectivity index is 1.96. The van der Waals surface area contributed by atoms with E-state index in [4.69, 9.17) is 10.9 Å². The van der Waals surface area contributed by atoms with Crippen LogP contribution < -0.4 is 10.6 Å². The van der Waals surface area contributed by atoms with Crippen LogP contribution in [0.25, 0.3) is 0 Å². The van der Waals surface area contributed by atoms with E-state index in [0.717, 1.165) is 24.7 Å². The molecule has 3 N–H and O–H groups in total. The summed E-state index contributed by atoms with van der Waals surface area (Å²) in [5.41, 5.74) is 7.12. The normalized spacial score (nSPS) is 17.7. The molecule has 2 rings (SSSR count). The monoisotopic (exact) mass is 262 g/mol. The van der Waals surface area contributed by atoms with Crippen molar-refractivity contribution < 1.29 is 5.21 Å². The lowest BCUT2D eigenvalue weighted by Gasteiger charge is -2.33. The summed E-state index contributed by atoms with van der Waals surface area (Å²) in [6.45, 7) is 4.44. The number of hydrogen-bond acceptors (Lipinski definition) is 4. The van der Waals surface area contributed by atoms with Gasteiger partial charge in [-0.1, -0.05) is 24.9 Å². The Morgan fingerprint density at radius 2 is 2.21 bits per heavy atom. The van der Waals surface area contributed by atoms with Gasteiger partial charge in [-0.3, -0.25) is 4.98 Å². The fraction of sp³-hybridized carbons (Fsp3) is 0.571. The summed E-state index contributed by atoms with van der Waals surface area (Å²) in [4.78, 5) is 6.58. The second-order valence-electron chi connectivity index (χ2n) is 5.11. The van der Waals surface area contributed by atoms with Gasteiger partial charge in [0.25, 0.3) is 0 Å². The highest BCUT2D eigenvalue weighted by atomic mass is 16.4. The number of amidine groups is 1. The van der Waals surface area contributed by atoms with Crippen LogP contribution >= 0.6 is 0 Å². The molecule has 0 saturated carbocycles. The first kappa shape index (κ1) is 13.6. The molecule has 0 radical (unpaired) electrons. The molecule has 1 aromatic rings. The van der Waals surface area contributed by atoms with Gasteiger partial charge in [-0.25, -0.2) is 0 Å². The van der Waals surface area contributed by atoms with E-state index in [1.54, 1.807) is 12.3 Å². The quantitative estimate of drug-likeness (QED) is 0.377. The molecule has 1 aliphatic heterocycles. The molecule has 0 amide bonds. The topological polar surface area (TPSA) is 74.7 Å². The lowest BCUT2D eigenvalue weighted by molar-refractivity contribution is 0.318. The van der Waals surface area contributed by atoms with Gasteiger partial charge in [-0.15, -0.1) is 0 Å². The van der Waals surface area contributed by atoms with E-state index in [2.05, 4.69) is 22.0 Å². The van der Waals surface area contributed by atoms with Crippen LogP contribution in [-0.4, -0.2) is 29.1 Å². The number of pyridine rings is 1. The summed E-state index contributed by atoms with van der Waals surface area (Å²) in [6.07, 6.45) is 6.94. The molecule has 5 nitrogen and oxygen atoms in total. The first-order valence-corrected chi connectivity index (χ1v) is 6.93. The molecule has 104 valence electrons. The molecule has 19 heavy (non-hydrogen) atoms. The zero-order chi connectivity index (χ0) is 13.7. The molecule has 1 fully saturated rings. The lowest BCUT2D eigenvalue weighted by atomic mass is 9.92. The molecule has 0 bridgehead atoms. The van der Waals surface area contributed by atoms with Gasteiger partial charge in [0.15, 0.2) is 5.84 Å². The molecule has 1 aromatic heterocycles. The maximum Gasteiger partial charge on any atom is 0.188 e. The first-order valence-electron chi connectivity index (χ1n) is 6.93. The zero-order valence-electron chi connectivity index (χ0n) is 11.4. The zero-order valence-corrected chi connectivity index (χ0v) is 11.4. The van der Waals surface area contributed by atoms with Gasteiger partial charge in [0.2, 0.25) is 0 Å². The molecule has 1 aliphatic rings. The van der Waals surface area contributed by atoms with Crippen molar-refractivity contribution in [1.82, 2.24) is 4.98 Å². The summed E-state index contributed by atoms with van der Waals surface area (Å²) in [5, 5.41) is 11.5. The Kier molecular flexibility index (Phi) is 4.60. The summed E-state index contributed by atoms with van der Waals surface area (Å²) in [7, 11) is 0. The Hall–Kier alpha value is -1.78. The third-order valence-electron chi connectivity index (χ3n) is 3.79. The van der Waals surface area contributed by atoms with E-state index in [1.807, 2.05) is 6.07 Å². The largest absolute Gasteiger partial charge is 0.409 e. The van der Waals surface area contributed by atoms with Crippen molar-refractivity contribution in [3.63, 3.8) is 0 Å².